The molecule has 88 valence electrons. The summed E-state index contributed by atoms with van der Waals surface area (Å²) in [7, 11) is 0. The Morgan fingerprint density at radius 3 is 2.88 bits per heavy atom. The molecule has 0 aliphatic heterocycles. The van der Waals surface area contributed by atoms with Gasteiger partial charge in [0.25, 0.3) is 0 Å². The molecule has 16 heavy (non-hydrogen) atoms. The monoisotopic (exact) mass is 242 g/mol. The third kappa shape index (κ3) is 3.59. The minimum Gasteiger partial charge on any atom is -0.271 e. The second-order valence-electron chi connectivity index (χ2n) is 3.60. The van der Waals surface area contributed by atoms with E-state index in [9.17, 15) is 4.39 Å². The van der Waals surface area contributed by atoms with Crippen molar-refractivity contribution in [2.45, 2.75) is 25.3 Å². The van der Waals surface area contributed by atoms with Gasteiger partial charge in [-0.3, -0.25) is 11.3 Å². The highest BCUT2D eigenvalue weighted by Crippen LogP contribution is 2.26. The number of nitrogens with one attached hydrogen (secondary N) is 1. The van der Waals surface area contributed by atoms with Crippen LogP contribution in [0.4, 0.5) is 4.39 Å². The van der Waals surface area contributed by atoms with Gasteiger partial charge in [0, 0.05) is 11.1 Å². The lowest BCUT2D eigenvalue weighted by Crippen LogP contribution is -2.28. The van der Waals surface area contributed by atoms with Crippen molar-refractivity contribution in [3.8, 4) is 0 Å². The summed E-state index contributed by atoms with van der Waals surface area (Å²) in [6.07, 6.45) is 4.59. The number of unbranched alkanes of at least 4 members (excludes halogenated alkanes) is 1. The molecule has 0 saturated heterocycles. The lowest BCUT2D eigenvalue weighted by molar-refractivity contribution is 0.500. The zero-order chi connectivity index (χ0) is 12.0. The van der Waals surface area contributed by atoms with E-state index in [2.05, 4.69) is 12.0 Å². The molecule has 0 bridgehead atoms. The predicted molar refractivity (Wildman–Crippen MR) is 65.5 cm³/mol. The fraction of sp³-hybridized carbons (Fsp3) is 0.333. The summed E-state index contributed by atoms with van der Waals surface area (Å²) in [6, 6.07) is 4.30. The third-order valence-electron chi connectivity index (χ3n) is 2.44. The lowest BCUT2D eigenvalue weighted by atomic mass is 10.0. The van der Waals surface area contributed by atoms with Crippen LogP contribution in [0.2, 0.25) is 5.02 Å². The first-order chi connectivity index (χ1) is 7.69. The van der Waals surface area contributed by atoms with Crippen molar-refractivity contribution < 1.29 is 4.39 Å². The first-order valence-electron chi connectivity index (χ1n) is 5.21. The van der Waals surface area contributed by atoms with Gasteiger partial charge in [-0.15, -0.1) is 6.58 Å². The highest BCUT2D eigenvalue weighted by molar-refractivity contribution is 6.31. The summed E-state index contributed by atoms with van der Waals surface area (Å²) in [4.78, 5) is 0. The maximum Gasteiger partial charge on any atom is 0.124 e. The quantitative estimate of drug-likeness (QED) is 0.348. The van der Waals surface area contributed by atoms with Crippen molar-refractivity contribution in [2.75, 3.05) is 0 Å². The number of allylic oxidation sites excluding steroid dienone is 1. The molecule has 2 nitrogen and oxygen atoms in total. The van der Waals surface area contributed by atoms with Crippen LogP contribution in [-0.4, -0.2) is 0 Å². The van der Waals surface area contributed by atoms with Gasteiger partial charge >= 0.3 is 0 Å². The van der Waals surface area contributed by atoms with Crippen LogP contribution >= 0.6 is 11.6 Å². The molecule has 1 rings (SSSR count). The van der Waals surface area contributed by atoms with Gasteiger partial charge in [-0.2, -0.15) is 0 Å². The van der Waals surface area contributed by atoms with Crippen molar-refractivity contribution in [3.63, 3.8) is 0 Å². The molecule has 1 atom stereocenters. The van der Waals surface area contributed by atoms with Crippen molar-refractivity contribution in [1.29, 1.82) is 0 Å². The number of rotatable bonds is 6. The molecule has 0 amide bonds. The number of halogens is 2. The van der Waals surface area contributed by atoms with Gasteiger partial charge in [-0.1, -0.05) is 23.7 Å². The fourth-order valence-electron chi connectivity index (χ4n) is 1.58. The smallest absolute Gasteiger partial charge is 0.124 e. The molecule has 1 unspecified atom stereocenters. The second kappa shape index (κ2) is 6.63. The third-order valence-corrected chi connectivity index (χ3v) is 2.77. The summed E-state index contributed by atoms with van der Waals surface area (Å²) in [6.45, 7) is 3.66. The minimum absolute atomic E-state index is 0.0481. The summed E-state index contributed by atoms with van der Waals surface area (Å²) >= 11 is 5.96. The van der Waals surface area contributed by atoms with E-state index in [4.69, 9.17) is 17.4 Å². The van der Waals surface area contributed by atoms with E-state index in [1.54, 1.807) is 6.07 Å². The average Bonchev–Trinajstić information content (AvgIpc) is 2.26. The maximum atomic E-state index is 12.9. The molecule has 1 aromatic carbocycles. The van der Waals surface area contributed by atoms with Gasteiger partial charge in [-0.25, -0.2) is 4.39 Å². The van der Waals surface area contributed by atoms with Crippen LogP contribution in [0.5, 0.6) is 0 Å². The molecule has 3 N–H and O–H groups in total. The summed E-state index contributed by atoms with van der Waals surface area (Å²) in [5, 5.41) is 0.404. The molecule has 0 aliphatic rings. The summed E-state index contributed by atoms with van der Waals surface area (Å²) in [5.41, 5.74) is 3.52. The van der Waals surface area contributed by atoms with Crippen LogP contribution in [-0.2, 0) is 0 Å². The first kappa shape index (κ1) is 13.2. The van der Waals surface area contributed by atoms with Gasteiger partial charge in [0.05, 0.1) is 0 Å². The van der Waals surface area contributed by atoms with E-state index in [0.717, 1.165) is 24.8 Å². The average molecular weight is 243 g/mol. The Kier molecular flexibility index (Phi) is 5.46. The number of nitrogens with two attached hydrogens (primary N) is 1. The van der Waals surface area contributed by atoms with Crippen LogP contribution in [0.15, 0.2) is 30.9 Å². The van der Waals surface area contributed by atoms with E-state index in [-0.39, 0.29) is 11.9 Å². The van der Waals surface area contributed by atoms with E-state index in [1.807, 2.05) is 6.08 Å². The zero-order valence-electron chi connectivity index (χ0n) is 9.05. The first-order valence-corrected chi connectivity index (χ1v) is 5.58. The Bertz CT molecular complexity index is 355. The highest BCUT2D eigenvalue weighted by atomic mass is 35.5. The largest absolute Gasteiger partial charge is 0.271 e. The fourth-order valence-corrected chi connectivity index (χ4v) is 1.88. The van der Waals surface area contributed by atoms with Gasteiger partial charge in [-0.05, 0) is 37.0 Å². The minimum atomic E-state index is -0.337. The van der Waals surface area contributed by atoms with Crippen molar-refractivity contribution in [3.05, 3.63) is 47.3 Å². The van der Waals surface area contributed by atoms with E-state index < -0.39 is 0 Å². The van der Waals surface area contributed by atoms with Gasteiger partial charge < -0.3 is 0 Å². The summed E-state index contributed by atoms with van der Waals surface area (Å²) < 4.78 is 12.9. The standard InChI is InChI=1S/C12H16ClFN2/c1-2-3-4-5-12(16-15)10-7-6-9(14)8-11(10)13/h2,6-8,12,16H,1,3-5,15H2. The van der Waals surface area contributed by atoms with Crippen LogP contribution in [0.25, 0.3) is 0 Å². The summed E-state index contributed by atoms with van der Waals surface area (Å²) in [5.74, 6) is 5.13. The zero-order valence-corrected chi connectivity index (χ0v) is 9.80. The Balaban J connectivity index is 2.74. The van der Waals surface area contributed by atoms with Crippen LogP contribution in [0.1, 0.15) is 30.9 Å². The molecule has 0 aromatic heterocycles. The molecule has 4 heteroatoms. The Morgan fingerprint density at radius 2 is 2.31 bits per heavy atom. The van der Waals surface area contributed by atoms with E-state index >= 15 is 0 Å². The lowest BCUT2D eigenvalue weighted by Gasteiger charge is -2.17. The van der Waals surface area contributed by atoms with E-state index in [1.165, 1.54) is 12.1 Å². The molecule has 0 heterocycles. The Hall–Kier alpha value is -0.900. The van der Waals surface area contributed by atoms with Gasteiger partial charge in [0.1, 0.15) is 5.82 Å². The Morgan fingerprint density at radius 1 is 1.56 bits per heavy atom. The number of hydrogen-bond donors (Lipinski definition) is 2. The van der Waals surface area contributed by atoms with Crippen molar-refractivity contribution >= 4 is 11.6 Å². The highest BCUT2D eigenvalue weighted by Gasteiger charge is 2.13. The van der Waals surface area contributed by atoms with Crippen LogP contribution in [0.3, 0.4) is 0 Å². The normalized spacial score (nSPS) is 12.4. The molecule has 0 aliphatic carbocycles. The van der Waals surface area contributed by atoms with Gasteiger partial charge in [0.15, 0.2) is 0 Å². The molecular formula is C12H16ClFN2. The van der Waals surface area contributed by atoms with Gasteiger partial charge in [0.2, 0.25) is 0 Å². The van der Waals surface area contributed by atoms with Crippen molar-refractivity contribution in [1.82, 2.24) is 5.43 Å². The second-order valence-corrected chi connectivity index (χ2v) is 4.01. The Labute approximate surface area is 100 Å². The molecule has 0 radical (unpaired) electrons. The molecule has 0 fully saturated rings. The molecule has 0 spiro atoms. The molecule has 0 saturated carbocycles. The molecular weight excluding hydrogens is 227 g/mol. The molecule has 1 aromatic rings. The number of hydrazine groups is 1. The number of benzene rings is 1. The number of hydrogen-bond acceptors (Lipinski definition) is 2. The van der Waals surface area contributed by atoms with Crippen LogP contribution in [0, 0.1) is 5.82 Å². The van der Waals surface area contributed by atoms with Crippen molar-refractivity contribution in [2.24, 2.45) is 5.84 Å². The van der Waals surface area contributed by atoms with E-state index in [0.29, 0.717) is 5.02 Å². The SMILES string of the molecule is C=CCCCC(NN)c1ccc(F)cc1Cl. The predicted octanol–water partition coefficient (Wildman–Crippen LogP) is 3.34. The maximum absolute atomic E-state index is 12.9. The van der Waals surface area contributed by atoms with Crippen LogP contribution < -0.4 is 11.3 Å². The topological polar surface area (TPSA) is 38.0 Å².